The number of carboxylic acids is 1. The summed E-state index contributed by atoms with van der Waals surface area (Å²) in [7, 11) is -2.09. The first-order chi connectivity index (χ1) is 21.5. The van der Waals surface area contributed by atoms with E-state index in [1.165, 1.54) is 22.1 Å². The lowest BCUT2D eigenvalue weighted by atomic mass is 9.82. The van der Waals surface area contributed by atoms with E-state index in [4.69, 9.17) is 16.3 Å². The Morgan fingerprint density at radius 2 is 2.00 bits per heavy atom. The lowest BCUT2D eigenvalue weighted by Gasteiger charge is -2.26. The maximum absolute atomic E-state index is 14.1. The molecular weight excluding hydrogens is 614 g/mol. The smallest absolute Gasteiger partial charge is 0.304 e. The van der Waals surface area contributed by atoms with Gasteiger partial charge in [0.1, 0.15) is 16.5 Å². The number of aromatic nitrogens is 4. The van der Waals surface area contributed by atoms with E-state index in [2.05, 4.69) is 27.4 Å². The Hall–Kier alpha value is -3.54. The highest BCUT2D eigenvalue weighted by Crippen LogP contribution is 2.46. The zero-order valence-electron chi connectivity index (χ0n) is 25.6. The zero-order valence-corrected chi connectivity index (χ0v) is 27.2. The van der Waals surface area contributed by atoms with Gasteiger partial charge < -0.3 is 9.84 Å². The van der Waals surface area contributed by atoms with Crippen LogP contribution >= 0.6 is 11.6 Å². The standard InChI is InChI=1S/C33H36ClN5O5S/c1-4-24-17-39(45(42,43)29-12-23(34)15-35-33(29)44-24)16-22-11-21(10-20-6-5-7-25(20)22)27(14-30(40)41)26-13-28(19-8-9-19)32-31(18(26)2)36-37-38(32)3/h10-13,15,19,24,27H,4-9,14,16-17H2,1-3H3,(H,40,41)/t24-,27+/m1/s1. The van der Waals surface area contributed by atoms with Crippen LogP contribution in [-0.4, -0.2) is 56.4 Å². The fourth-order valence-electron chi connectivity index (χ4n) is 7.12. The molecule has 4 aromatic rings. The van der Waals surface area contributed by atoms with Crippen molar-refractivity contribution in [2.75, 3.05) is 6.54 Å². The maximum Gasteiger partial charge on any atom is 0.304 e. The summed E-state index contributed by atoms with van der Waals surface area (Å²) in [6.45, 7) is 4.26. The number of aliphatic carboxylic acids is 1. The Morgan fingerprint density at radius 3 is 2.73 bits per heavy atom. The van der Waals surface area contributed by atoms with Gasteiger partial charge in [-0.05, 0) is 96.4 Å². The van der Waals surface area contributed by atoms with Crippen LogP contribution in [0.5, 0.6) is 5.88 Å². The summed E-state index contributed by atoms with van der Waals surface area (Å²) < 4.78 is 37.4. The number of carbonyl (C=O) groups is 1. The van der Waals surface area contributed by atoms with Crippen molar-refractivity contribution >= 4 is 38.6 Å². The number of sulfonamides is 1. The van der Waals surface area contributed by atoms with Crippen molar-refractivity contribution in [2.24, 2.45) is 7.05 Å². The summed E-state index contributed by atoms with van der Waals surface area (Å²) in [5.74, 6) is -0.853. The molecule has 7 rings (SSSR count). The van der Waals surface area contributed by atoms with Crippen molar-refractivity contribution in [3.8, 4) is 5.88 Å². The van der Waals surface area contributed by atoms with E-state index in [0.29, 0.717) is 12.3 Å². The van der Waals surface area contributed by atoms with Gasteiger partial charge in [-0.1, -0.05) is 41.9 Å². The van der Waals surface area contributed by atoms with Crippen LogP contribution in [0.3, 0.4) is 0 Å². The number of pyridine rings is 1. The molecule has 10 nitrogen and oxygen atoms in total. The lowest BCUT2D eigenvalue weighted by molar-refractivity contribution is -0.137. The molecule has 0 spiro atoms. The van der Waals surface area contributed by atoms with Crippen molar-refractivity contribution in [2.45, 2.75) is 88.2 Å². The second-order valence-corrected chi connectivity index (χ2v) is 14.9. The van der Waals surface area contributed by atoms with Crippen molar-refractivity contribution < 1.29 is 23.1 Å². The predicted molar refractivity (Wildman–Crippen MR) is 169 cm³/mol. The molecule has 3 heterocycles. The Morgan fingerprint density at radius 1 is 1.20 bits per heavy atom. The largest absolute Gasteiger partial charge is 0.481 e. The van der Waals surface area contributed by atoms with E-state index in [9.17, 15) is 18.3 Å². The summed E-state index contributed by atoms with van der Waals surface area (Å²) in [4.78, 5) is 16.5. The van der Waals surface area contributed by atoms with Crippen molar-refractivity contribution in [1.82, 2.24) is 24.3 Å². The van der Waals surface area contributed by atoms with E-state index in [0.717, 1.165) is 76.5 Å². The first kappa shape index (κ1) is 30.1. The van der Waals surface area contributed by atoms with E-state index in [-0.39, 0.29) is 41.4 Å². The average Bonchev–Trinajstić information content (AvgIpc) is 3.63. The van der Waals surface area contributed by atoms with Gasteiger partial charge in [0, 0.05) is 25.7 Å². The van der Waals surface area contributed by atoms with Gasteiger partial charge in [0.2, 0.25) is 15.9 Å². The van der Waals surface area contributed by atoms with Gasteiger partial charge in [-0.25, -0.2) is 18.1 Å². The molecule has 1 fully saturated rings. The molecule has 45 heavy (non-hydrogen) atoms. The third-order valence-electron chi connectivity index (χ3n) is 9.59. The van der Waals surface area contributed by atoms with Gasteiger partial charge in [-0.2, -0.15) is 4.31 Å². The normalized spacial score (nSPS) is 20.0. The number of ether oxygens (including phenoxy) is 1. The maximum atomic E-state index is 14.1. The lowest BCUT2D eigenvalue weighted by Crippen LogP contribution is -2.36. The molecule has 0 saturated heterocycles. The van der Waals surface area contributed by atoms with Crippen LogP contribution in [-0.2, 0) is 41.3 Å². The topological polar surface area (TPSA) is 128 Å². The highest BCUT2D eigenvalue weighted by Gasteiger charge is 2.37. The Kier molecular flexibility index (Phi) is 7.61. The summed E-state index contributed by atoms with van der Waals surface area (Å²) in [6.07, 6.45) is 6.36. The predicted octanol–water partition coefficient (Wildman–Crippen LogP) is 5.66. The number of benzene rings is 2. The molecule has 0 amide bonds. The molecular formula is C33H36ClN5O5S. The second kappa shape index (κ2) is 11.4. The summed E-state index contributed by atoms with van der Waals surface area (Å²) >= 11 is 6.19. The van der Waals surface area contributed by atoms with E-state index >= 15 is 0 Å². The number of hydrogen-bond acceptors (Lipinski definition) is 7. The monoisotopic (exact) mass is 649 g/mol. The molecule has 12 heteroatoms. The third kappa shape index (κ3) is 5.38. The Balaban J connectivity index is 1.35. The molecule has 0 unspecified atom stereocenters. The number of rotatable bonds is 8. The zero-order chi connectivity index (χ0) is 31.6. The van der Waals surface area contributed by atoms with Crippen LogP contribution in [0.25, 0.3) is 11.0 Å². The van der Waals surface area contributed by atoms with E-state index in [1.54, 1.807) is 0 Å². The quantitative estimate of drug-likeness (QED) is 0.259. The average molecular weight is 650 g/mol. The van der Waals surface area contributed by atoms with Gasteiger partial charge in [0.15, 0.2) is 0 Å². The van der Waals surface area contributed by atoms with Gasteiger partial charge in [0.25, 0.3) is 0 Å². The minimum absolute atomic E-state index is 0.0389. The van der Waals surface area contributed by atoms with Crippen LogP contribution in [0, 0.1) is 6.92 Å². The minimum atomic E-state index is -3.99. The van der Waals surface area contributed by atoms with Crippen molar-refractivity contribution in [1.29, 1.82) is 0 Å². The van der Waals surface area contributed by atoms with Gasteiger partial charge in [-0.15, -0.1) is 5.10 Å². The van der Waals surface area contributed by atoms with Crippen LogP contribution in [0.15, 0.2) is 35.4 Å². The van der Waals surface area contributed by atoms with Crippen molar-refractivity contribution in [3.63, 3.8) is 0 Å². The SMILES string of the molecule is CC[C@@H]1CN(Cc2cc([C@H](CC(=O)O)c3cc(C4CC4)c4c(nnn4C)c3C)cc3c2CCC3)S(=O)(=O)c2cc(Cl)cnc2O1. The number of nitrogens with zero attached hydrogens (tertiary/aromatic N) is 5. The number of aryl methyl sites for hydroxylation is 3. The molecule has 0 radical (unpaired) electrons. The fourth-order valence-corrected chi connectivity index (χ4v) is 8.89. The van der Waals surface area contributed by atoms with Crippen molar-refractivity contribution in [3.05, 3.63) is 74.4 Å². The molecule has 2 aliphatic carbocycles. The summed E-state index contributed by atoms with van der Waals surface area (Å²) in [6, 6.07) is 7.75. The molecule has 0 bridgehead atoms. The first-order valence-electron chi connectivity index (χ1n) is 15.6. The van der Waals surface area contributed by atoms with Crippen LogP contribution in [0.1, 0.15) is 89.8 Å². The van der Waals surface area contributed by atoms with Crippen LogP contribution < -0.4 is 4.74 Å². The number of hydrogen-bond donors (Lipinski definition) is 1. The second-order valence-electron chi connectivity index (χ2n) is 12.6. The molecule has 3 aliphatic rings. The van der Waals surface area contributed by atoms with Gasteiger partial charge >= 0.3 is 5.97 Å². The molecule has 2 atom stereocenters. The van der Waals surface area contributed by atoms with Gasteiger partial charge in [-0.3, -0.25) is 4.79 Å². The summed E-state index contributed by atoms with van der Waals surface area (Å²) in [5.41, 5.74) is 8.92. The number of halogens is 1. The fraction of sp³-hybridized carbons (Fsp3) is 0.455. The summed E-state index contributed by atoms with van der Waals surface area (Å²) in [5, 5.41) is 19.2. The van der Waals surface area contributed by atoms with E-state index < -0.39 is 21.9 Å². The highest BCUT2D eigenvalue weighted by atomic mass is 35.5. The highest BCUT2D eigenvalue weighted by molar-refractivity contribution is 7.89. The first-order valence-corrected chi connectivity index (χ1v) is 17.4. The molecule has 1 saturated carbocycles. The third-order valence-corrected chi connectivity index (χ3v) is 11.6. The minimum Gasteiger partial charge on any atom is -0.481 e. The molecule has 2 aromatic carbocycles. The molecule has 1 N–H and O–H groups in total. The number of fused-ring (bicyclic) bond motifs is 3. The van der Waals surface area contributed by atoms with Crippen LogP contribution in [0.2, 0.25) is 5.02 Å². The van der Waals surface area contributed by atoms with Crippen LogP contribution in [0.4, 0.5) is 0 Å². The number of carboxylic acid groups (broad SMARTS) is 1. The molecule has 236 valence electrons. The van der Waals surface area contributed by atoms with Gasteiger partial charge in [0.05, 0.1) is 23.5 Å². The van der Waals surface area contributed by atoms with E-state index in [1.807, 2.05) is 31.6 Å². The molecule has 2 aromatic heterocycles. The Labute approximate surface area is 267 Å². The molecule has 1 aliphatic heterocycles. The Bertz CT molecular complexity index is 1950.